The van der Waals surface area contributed by atoms with Crippen LogP contribution in [0.15, 0.2) is 34.1 Å². The molecule has 1 aromatic carbocycles. The maximum atomic E-state index is 6.20. The van der Waals surface area contributed by atoms with Gasteiger partial charge in [0.05, 0.1) is 3.79 Å². The van der Waals surface area contributed by atoms with Gasteiger partial charge < -0.3 is 5.73 Å². The van der Waals surface area contributed by atoms with E-state index in [1.165, 1.54) is 4.88 Å². The summed E-state index contributed by atoms with van der Waals surface area (Å²) in [5.74, 6) is 0. The highest BCUT2D eigenvalue weighted by Gasteiger charge is 2.09. The van der Waals surface area contributed by atoms with E-state index in [9.17, 15) is 0 Å². The Kier molecular flexibility index (Phi) is 4.26. The van der Waals surface area contributed by atoms with Gasteiger partial charge in [-0.3, -0.25) is 0 Å². The number of thiophene rings is 1. The molecule has 0 aliphatic rings. The SMILES string of the molecule is Cc1cc(C(N)Cc2ccc(Br)s2)ccc1Cl. The molecule has 0 bridgehead atoms. The second kappa shape index (κ2) is 5.53. The highest BCUT2D eigenvalue weighted by molar-refractivity contribution is 9.11. The third kappa shape index (κ3) is 3.32. The van der Waals surface area contributed by atoms with Crippen LogP contribution >= 0.6 is 38.9 Å². The highest BCUT2D eigenvalue weighted by atomic mass is 79.9. The summed E-state index contributed by atoms with van der Waals surface area (Å²) < 4.78 is 1.15. The molecule has 90 valence electrons. The quantitative estimate of drug-likeness (QED) is 0.866. The van der Waals surface area contributed by atoms with Gasteiger partial charge in [-0.15, -0.1) is 11.3 Å². The van der Waals surface area contributed by atoms with E-state index in [0.717, 1.165) is 26.4 Å². The van der Waals surface area contributed by atoms with Crippen LogP contribution in [0.3, 0.4) is 0 Å². The molecule has 0 saturated carbocycles. The van der Waals surface area contributed by atoms with Crippen LogP contribution in [0.4, 0.5) is 0 Å². The normalized spacial score (nSPS) is 12.7. The number of nitrogens with two attached hydrogens (primary N) is 1. The van der Waals surface area contributed by atoms with Gasteiger partial charge in [-0.05, 0) is 52.2 Å². The predicted octanol–water partition coefficient (Wildman–Crippen LogP) is 4.71. The Balaban J connectivity index is 2.14. The van der Waals surface area contributed by atoms with Crippen molar-refractivity contribution in [2.24, 2.45) is 5.73 Å². The Morgan fingerprint density at radius 2 is 2.12 bits per heavy atom. The molecule has 1 nitrogen and oxygen atoms in total. The molecule has 0 amide bonds. The van der Waals surface area contributed by atoms with E-state index in [0.29, 0.717) is 0 Å². The van der Waals surface area contributed by atoms with Gasteiger partial charge in [0.2, 0.25) is 0 Å². The van der Waals surface area contributed by atoms with E-state index < -0.39 is 0 Å². The molecule has 2 rings (SSSR count). The average molecular weight is 331 g/mol. The second-order valence-corrected chi connectivity index (χ2v) is 6.98. The lowest BCUT2D eigenvalue weighted by molar-refractivity contribution is 0.729. The fraction of sp³-hybridized carbons (Fsp3) is 0.231. The second-order valence-electron chi connectivity index (χ2n) is 4.03. The zero-order chi connectivity index (χ0) is 12.4. The molecule has 0 saturated heterocycles. The summed E-state index contributed by atoms with van der Waals surface area (Å²) in [6, 6.07) is 10.2. The first kappa shape index (κ1) is 13.1. The number of aryl methyl sites for hydroxylation is 1. The molecule has 0 aliphatic heterocycles. The van der Waals surface area contributed by atoms with Crippen LogP contribution in [0.2, 0.25) is 5.02 Å². The number of hydrogen-bond acceptors (Lipinski definition) is 2. The molecular formula is C13H13BrClNS. The molecule has 1 aromatic heterocycles. The van der Waals surface area contributed by atoms with Crippen LogP contribution in [-0.2, 0) is 6.42 Å². The molecule has 0 aliphatic carbocycles. The smallest absolute Gasteiger partial charge is 0.0701 e. The van der Waals surface area contributed by atoms with Crippen LogP contribution in [0, 0.1) is 6.92 Å². The van der Waals surface area contributed by atoms with E-state index in [-0.39, 0.29) is 6.04 Å². The third-order valence-electron chi connectivity index (χ3n) is 2.66. The lowest BCUT2D eigenvalue weighted by atomic mass is 10.0. The maximum absolute atomic E-state index is 6.20. The summed E-state index contributed by atoms with van der Waals surface area (Å²) >= 11 is 11.2. The lowest BCUT2D eigenvalue weighted by Crippen LogP contribution is -2.12. The Labute approximate surface area is 119 Å². The predicted molar refractivity (Wildman–Crippen MR) is 78.8 cm³/mol. The van der Waals surface area contributed by atoms with Crippen molar-refractivity contribution in [2.75, 3.05) is 0 Å². The van der Waals surface area contributed by atoms with Gasteiger partial charge in [-0.2, -0.15) is 0 Å². The number of halogens is 2. The van der Waals surface area contributed by atoms with E-state index in [1.807, 2.05) is 19.1 Å². The third-order valence-corrected chi connectivity index (χ3v) is 4.73. The van der Waals surface area contributed by atoms with Crippen LogP contribution in [0.25, 0.3) is 0 Å². The van der Waals surface area contributed by atoms with E-state index in [4.69, 9.17) is 17.3 Å². The molecule has 0 fully saturated rings. The Hall–Kier alpha value is -0.350. The van der Waals surface area contributed by atoms with Gasteiger partial charge in [-0.25, -0.2) is 0 Å². The summed E-state index contributed by atoms with van der Waals surface area (Å²) in [5, 5.41) is 0.791. The van der Waals surface area contributed by atoms with Crippen molar-refractivity contribution in [1.82, 2.24) is 0 Å². The molecule has 4 heteroatoms. The first-order chi connectivity index (χ1) is 8.06. The van der Waals surface area contributed by atoms with Crippen molar-refractivity contribution in [1.29, 1.82) is 0 Å². The van der Waals surface area contributed by atoms with Gasteiger partial charge >= 0.3 is 0 Å². The maximum Gasteiger partial charge on any atom is 0.0701 e. The van der Waals surface area contributed by atoms with Gasteiger partial charge in [0.1, 0.15) is 0 Å². The Bertz CT molecular complexity index is 524. The Morgan fingerprint density at radius 3 is 2.71 bits per heavy atom. The summed E-state index contributed by atoms with van der Waals surface area (Å²) in [6.45, 7) is 2.00. The van der Waals surface area contributed by atoms with Crippen LogP contribution < -0.4 is 5.73 Å². The standard InChI is InChI=1S/C13H13BrClNS/c1-8-6-9(2-4-11(8)15)12(16)7-10-3-5-13(14)17-10/h2-6,12H,7,16H2,1H3. The average Bonchev–Trinajstić information content (AvgIpc) is 2.68. The minimum Gasteiger partial charge on any atom is -0.324 e. The van der Waals surface area contributed by atoms with E-state index in [2.05, 4.69) is 34.1 Å². The molecule has 0 spiro atoms. The Morgan fingerprint density at radius 1 is 1.35 bits per heavy atom. The van der Waals surface area contributed by atoms with Crippen molar-refractivity contribution in [3.8, 4) is 0 Å². The summed E-state index contributed by atoms with van der Waals surface area (Å²) in [7, 11) is 0. The monoisotopic (exact) mass is 329 g/mol. The first-order valence-corrected chi connectivity index (χ1v) is 7.31. The molecule has 0 radical (unpaired) electrons. The van der Waals surface area contributed by atoms with Crippen molar-refractivity contribution >= 4 is 38.9 Å². The van der Waals surface area contributed by atoms with Crippen molar-refractivity contribution in [3.05, 3.63) is 55.1 Å². The van der Waals surface area contributed by atoms with Crippen molar-refractivity contribution in [3.63, 3.8) is 0 Å². The topological polar surface area (TPSA) is 26.0 Å². The molecule has 1 unspecified atom stereocenters. The molecule has 1 atom stereocenters. The molecule has 2 aromatic rings. The van der Waals surface area contributed by atoms with Gasteiger partial charge in [0.25, 0.3) is 0 Å². The molecule has 2 N–H and O–H groups in total. The fourth-order valence-electron chi connectivity index (χ4n) is 1.69. The zero-order valence-electron chi connectivity index (χ0n) is 9.41. The zero-order valence-corrected chi connectivity index (χ0v) is 12.6. The lowest BCUT2D eigenvalue weighted by Gasteiger charge is -2.12. The number of benzene rings is 1. The van der Waals surface area contributed by atoms with Crippen LogP contribution in [-0.4, -0.2) is 0 Å². The minimum absolute atomic E-state index is 0.0246. The molecular weight excluding hydrogens is 318 g/mol. The number of rotatable bonds is 3. The van der Waals surface area contributed by atoms with Crippen molar-refractivity contribution < 1.29 is 0 Å². The first-order valence-electron chi connectivity index (χ1n) is 5.32. The van der Waals surface area contributed by atoms with Crippen LogP contribution in [0.5, 0.6) is 0 Å². The summed E-state index contributed by atoms with van der Waals surface area (Å²) in [5.41, 5.74) is 8.42. The van der Waals surface area contributed by atoms with E-state index in [1.54, 1.807) is 11.3 Å². The van der Waals surface area contributed by atoms with Crippen molar-refractivity contribution in [2.45, 2.75) is 19.4 Å². The summed E-state index contributed by atoms with van der Waals surface area (Å²) in [6.07, 6.45) is 0.858. The molecule has 1 heterocycles. The van der Waals surface area contributed by atoms with Crippen LogP contribution in [0.1, 0.15) is 22.0 Å². The fourth-order valence-corrected chi connectivity index (χ4v) is 3.35. The summed E-state index contributed by atoms with van der Waals surface area (Å²) in [4.78, 5) is 1.29. The number of hydrogen-bond donors (Lipinski definition) is 1. The largest absolute Gasteiger partial charge is 0.324 e. The van der Waals surface area contributed by atoms with E-state index >= 15 is 0 Å². The van der Waals surface area contributed by atoms with Gasteiger partial charge in [0, 0.05) is 22.4 Å². The highest BCUT2D eigenvalue weighted by Crippen LogP contribution is 2.27. The minimum atomic E-state index is 0.0246. The van der Waals surface area contributed by atoms with Gasteiger partial charge in [0.15, 0.2) is 0 Å². The van der Waals surface area contributed by atoms with Gasteiger partial charge in [-0.1, -0.05) is 23.7 Å². The molecule has 17 heavy (non-hydrogen) atoms.